The van der Waals surface area contributed by atoms with Gasteiger partial charge in [-0.2, -0.15) is 0 Å². The van der Waals surface area contributed by atoms with Gasteiger partial charge in [0, 0.05) is 43.2 Å². The van der Waals surface area contributed by atoms with Gasteiger partial charge < -0.3 is 39.9 Å². The Morgan fingerprint density at radius 2 is 1.15 bits per heavy atom. The third-order valence-electron chi connectivity index (χ3n) is 11.5. The van der Waals surface area contributed by atoms with Crippen molar-refractivity contribution in [3.05, 3.63) is 148 Å². The first-order valence-corrected chi connectivity index (χ1v) is 27.8. The SMILES string of the molecule is COCCCSC(C)C(=O)NC1=NC(=Cc2[nH]c(NC(=O)C(C)SCCCOC(=O)Nc3ccc(Cc4ccc(NC(C)=O)cc4)cc3)c(C(=O)OC(C)(C)C)c2-c2ccccc2)C(c2ccccc2)=C1C(=O)OC(C)(C)C. The summed E-state index contributed by atoms with van der Waals surface area (Å²) in [6, 6.07) is 33.4. The number of H-pyrrole nitrogens is 1. The van der Waals surface area contributed by atoms with E-state index in [0.717, 1.165) is 23.2 Å². The number of ether oxygens (including phenoxy) is 4. The van der Waals surface area contributed by atoms with Crippen molar-refractivity contribution >= 4 is 94.0 Å². The van der Waals surface area contributed by atoms with E-state index < -0.39 is 45.6 Å². The number of allylic oxidation sites excluding steroid dienone is 1. The molecule has 412 valence electrons. The number of esters is 2. The average molecular weight is 1100 g/mol. The second-order valence-corrected chi connectivity index (χ2v) is 23.3. The van der Waals surface area contributed by atoms with E-state index in [1.807, 2.05) is 97.1 Å². The Morgan fingerprint density at radius 1 is 0.641 bits per heavy atom. The lowest BCUT2D eigenvalue weighted by Gasteiger charge is -2.21. The molecule has 16 nitrogen and oxygen atoms in total. The summed E-state index contributed by atoms with van der Waals surface area (Å²) in [5.74, 6) is -1.10. The predicted octanol–water partition coefficient (Wildman–Crippen LogP) is 11.7. The van der Waals surface area contributed by atoms with Gasteiger partial charge in [-0.25, -0.2) is 19.4 Å². The van der Waals surface area contributed by atoms with Crippen LogP contribution in [0, 0.1) is 0 Å². The molecule has 1 aliphatic heterocycles. The van der Waals surface area contributed by atoms with Crippen LogP contribution in [0.25, 0.3) is 22.8 Å². The van der Waals surface area contributed by atoms with Crippen LogP contribution in [0.3, 0.4) is 0 Å². The topological polar surface area (TPSA) is 216 Å². The molecule has 6 rings (SSSR count). The van der Waals surface area contributed by atoms with E-state index in [0.29, 0.717) is 64.6 Å². The van der Waals surface area contributed by atoms with Crippen LogP contribution in [0.2, 0.25) is 0 Å². The molecular formula is C60H70N6O10S2. The van der Waals surface area contributed by atoms with Gasteiger partial charge in [0.25, 0.3) is 0 Å². The smallest absolute Gasteiger partial charge is 0.411 e. The maximum absolute atomic E-state index is 14.5. The highest BCUT2D eigenvalue weighted by Gasteiger charge is 2.36. The number of hydrogen-bond acceptors (Lipinski definition) is 13. The first-order valence-electron chi connectivity index (χ1n) is 25.7. The number of nitrogens with one attached hydrogen (secondary N) is 5. The van der Waals surface area contributed by atoms with Crippen LogP contribution in [0.15, 0.2) is 125 Å². The highest BCUT2D eigenvalue weighted by Crippen LogP contribution is 2.41. The molecular weight excluding hydrogens is 1030 g/mol. The third kappa shape index (κ3) is 17.8. The fourth-order valence-corrected chi connectivity index (χ4v) is 9.64. The Kier molecular flexibility index (Phi) is 21.3. The van der Waals surface area contributed by atoms with E-state index in [-0.39, 0.29) is 46.9 Å². The summed E-state index contributed by atoms with van der Waals surface area (Å²) in [4.78, 5) is 89.2. The summed E-state index contributed by atoms with van der Waals surface area (Å²) >= 11 is 2.80. The van der Waals surface area contributed by atoms with E-state index in [1.165, 1.54) is 30.4 Å². The Morgan fingerprint density at radius 3 is 1.69 bits per heavy atom. The molecule has 0 saturated heterocycles. The van der Waals surface area contributed by atoms with Gasteiger partial charge in [-0.3, -0.25) is 19.7 Å². The largest absolute Gasteiger partial charge is 0.456 e. The number of carbonyl (C=O) groups is 6. The zero-order valence-corrected chi connectivity index (χ0v) is 47.6. The standard InChI is InChI=1S/C60H70N6O10S2/c1-37(77-33-17-31-73-10)54(68)65-52-50(56(70)75-59(4,5)6)48(42-19-13-11-14-20-42)46(63-52)36-47-49(43-21-15-12-16-22-43)51(57(71)76-60(7,8)9)53(64-47)66-55(69)38(2)78-34-18-32-74-58(72)62-45-29-25-41(26-30-45)35-40-23-27-44(28-24-40)61-39(3)67/h11-16,19-30,36-38,64H,17-18,31-35H2,1-10H3,(H,61,67)(H,62,72)(H,66,69)(H,63,65,68). The van der Waals surface area contributed by atoms with Crippen molar-refractivity contribution in [2.75, 3.05) is 47.8 Å². The summed E-state index contributed by atoms with van der Waals surface area (Å²) in [7, 11) is 1.63. The highest BCUT2D eigenvalue weighted by atomic mass is 32.2. The van der Waals surface area contributed by atoms with Crippen molar-refractivity contribution in [1.29, 1.82) is 0 Å². The second-order valence-electron chi connectivity index (χ2n) is 20.4. The molecule has 18 heteroatoms. The number of anilines is 3. The lowest BCUT2D eigenvalue weighted by molar-refractivity contribution is -0.149. The van der Waals surface area contributed by atoms with Crippen LogP contribution < -0.4 is 21.3 Å². The van der Waals surface area contributed by atoms with E-state index in [2.05, 4.69) is 26.3 Å². The van der Waals surface area contributed by atoms with Crippen LogP contribution in [0.5, 0.6) is 0 Å². The number of amides is 4. The maximum Gasteiger partial charge on any atom is 0.411 e. The number of amidine groups is 1. The second kappa shape index (κ2) is 27.8. The Hall–Kier alpha value is -7.41. The molecule has 5 aromatic rings. The van der Waals surface area contributed by atoms with Crippen molar-refractivity contribution in [2.45, 2.75) is 103 Å². The fraction of sp³-hybridized carbons (Fsp3) is 0.350. The molecule has 4 amide bonds. The Labute approximate surface area is 465 Å². The number of carbonyl (C=O) groups excluding carboxylic acids is 6. The molecule has 78 heavy (non-hydrogen) atoms. The third-order valence-corrected chi connectivity index (χ3v) is 14.0. The number of nitrogens with zero attached hydrogens (tertiary/aromatic N) is 1. The summed E-state index contributed by atoms with van der Waals surface area (Å²) < 4.78 is 22.6. The van der Waals surface area contributed by atoms with Crippen LogP contribution in [-0.4, -0.2) is 100 Å². The first-order chi connectivity index (χ1) is 37.1. The quantitative estimate of drug-likeness (QED) is 0.0249. The molecule has 0 radical (unpaired) electrons. The zero-order valence-electron chi connectivity index (χ0n) is 45.9. The lowest BCUT2D eigenvalue weighted by Crippen LogP contribution is -2.39. The van der Waals surface area contributed by atoms with Gasteiger partial charge in [0.05, 0.1) is 28.5 Å². The molecule has 2 unspecified atom stereocenters. The van der Waals surface area contributed by atoms with Crippen LogP contribution >= 0.6 is 23.5 Å². The predicted molar refractivity (Wildman–Crippen MR) is 313 cm³/mol. The van der Waals surface area contributed by atoms with Crippen LogP contribution in [-0.2, 0) is 44.5 Å². The minimum Gasteiger partial charge on any atom is -0.456 e. The minimum atomic E-state index is -0.923. The van der Waals surface area contributed by atoms with E-state index in [1.54, 1.807) is 80.7 Å². The normalized spacial score (nSPS) is 13.8. The number of methoxy groups -OCH3 is 1. The molecule has 0 saturated carbocycles. The van der Waals surface area contributed by atoms with Crippen molar-refractivity contribution in [2.24, 2.45) is 4.99 Å². The monoisotopic (exact) mass is 1100 g/mol. The Balaban J connectivity index is 1.23. The molecule has 2 atom stereocenters. The number of aromatic nitrogens is 1. The lowest BCUT2D eigenvalue weighted by atomic mass is 9.96. The molecule has 0 aliphatic carbocycles. The maximum atomic E-state index is 14.5. The van der Waals surface area contributed by atoms with Crippen LogP contribution in [0.4, 0.5) is 22.0 Å². The van der Waals surface area contributed by atoms with Crippen LogP contribution in [0.1, 0.15) is 108 Å². The molecule has 0 spiro atoms. The summed E-state index contributed by atoms with van der Waals surface area (Å²) in [6.07, 6.45) is 2.95. The van der Waals surface area contributed by atoms with Gasteiger partial charge in [0.1, 0.15) is 34.0 Å². The van der Waals surface area contributed by atoms with E-state index >= 15 is 0 Å². The summed E-state index contributed by atoms with van der Waals surface area (Å²) in [5.41, 5.74) is 4.29. The van der Waals surface area contributed by atoms with Gasteiger partial charge in [0.2, 0.25) is 17.7 Å². The van der Waals surface area contributed by atoms with E-state index in [9.17, 15) is 28.8 Å². The van der Waals surface area contributed by atoms with Crippen molar-refractivity contribution < 1.29 is 47.7 Å². The number of thioether (sulfide) groups is 2. The summed E-state index contributed by atoms with van der Waals surface area (Å²) in [5, 5.41) is 10.3. The van der Waals surface area contributed by atoms with Gasteiger partial charge in [-0.1, -0.05) is 84.9 Å². The van der Waals surface area contributed by atoms with Gasteiger partial charge in [-0.05, 0) is 139 Å². The van der Waals surface area contributed by atoms with Crippen molar-refractivity contribution in [3.8, 4) is 11.1 Å². The van der Waals surface area contributed by atoms with Gasteiger partial charge in [-0.15, -0.1) is 23.5 Å². The molecule has 4 aromatic carbocycles. The average Bonchev–Trinajstić information content (AvgIpc) is 4.16. The Bertz CT molecular complexity index is 3010. The number of aromatic amines is 1. The minimum absolute atomic E-state index is 0.000696. The molecule has 2 heterocycles. The zero-order chi connectivity index (χ0) is 56.6. The van der Waals surface area contributed by atoms with Crippen molar-refractivity contribution in [3.63, 3.8) is 0 Å². The number of rotatable bonds is 22. The molecule has 1 aromatic heterocycles. The number of hydrogen-bond donors (Lipinski definition) is 5. The van der Waals surface area contributed by atoms with E-state index in [4.69, 9.17) is 23.9 Å². The number of benzene rings is 4. The number of aliphatic imine (C=N–C) groups is 1. The molecule has 1 aliphatic rings. The molecule has 0 bridgehead atoms. The molecule has 0 fully saturated rings. The van der Waals surface area contributed by atoms with Gasteiger partial charge >= 0.3 is 18.0 Å². The fourth-order valence-electron chi connectivity index (χ4n) is 7.94. The summed E-state index contributed by atoms with van der Waals surface area (Å²) in [6.45, 7) is 16.2. The highest BCUT2D eigenvalue weighted by molar-refractivity contribution is 8.00. The first kappa shape index (κ1) is 59.8. The van der Waals surface area contributed by atoms with Gasteiger partial charge in [0.15, 0.2) is 0 Å². The molecule has 5 N–H and O–H groups in total. The van der Waals surface area contributed by atoms with Crippen molar-refractivity contribution in [1.82, 2.24) is 10.3 Å².